The number of ether oxygens (including phenoxy) is 2. The number of nitrogens with two attached hydrogens (primary N) is 1. The van der Waals surface area contributed by atoms with Crippen molar-refractivity contribution in [3.63, 3.8) is 0 Å². The summed E-state index contributed by atoms with van der Waals surface area (Å²) in [5.41, 5.74) is 0.925. The summed E-state index contributed by atoms with van der Waals surface area (Å²) in [6, 6.07) is 15.2. The lowest BCUT2D eigenvalue weighted by atomic mass is 9.97. The monoisotopic (exact) mass is 363 g/mol. The van der Waals surface area contributed by atoms with Crippen LogP contribution in [0.5, 0.6) is 5.75 Å². The van der Waals surface area contributed by atoms with E-state index in [0.717, 1.165) is 5.56 Å². The van der Waals surface area contributed by atoms with Gasteiger partial charge in [0.15, 0.2) is 0 Å². The molecule has 0 spiro atoms. The maximum absolute atomic E-state index is 12.2. The number of sulfonamides is 1. The summed E-state index contributed by atoms with van der Waals surface area (Å²) in [4.78, 5) is 12.2. The average molecular weight is 363 g/mol. The van der Waals surface area contributed by atoms with Crippen molar-refractivity contribution in [2.75, 3.05) is 13.2 Å². The molecular weight excluding hydrogens is 342 g/mol. The molecule has 1 atom stereocenters. The van der Waals surface area contributed by atoms with Crippen molar-refractivity contribution < 1.29 is 22.7 Å². The molecule has 0 aromatic heterocycles. The molecule has 7 heteroatoms. The molecule has 0 heterocycles. The van der Waals surface area contributed by atoms with Gasteiger partial charge in [0.1, 0.15) is 19.0 Å². The van der Waals surface area contributed by atoms with E-state index in [-0.39, 0.29) is 30.0 Å². The Bertz CT molecular complexity index is 788. The summed E-state index contributed by atoms with van der Waals surface area (Å²) in [7, 11) is -3.72. The van der Waals surface area contributed by atoms with Crippen LogP contribution in [0.2, 0.25) is 0 Å². The van der Waals surface area contributed by atoms with E-state index in [1.807, 2.05) is 37.3 Å². The number of hydrogen-bond acceptors (Lipinski definition) is 5. The Morgan fingerprint density at radius 2 is 1.68 bits per heavy atom. The van der Waals surface area contributed by atoms with E-state index in [9.17, 15) is 13.2 Å². The first-order valence-corrected chi connectivity index (χ1v) is 9.43. The predicted molar refractivity (Wildman–Crippen MR) is 93.7 cm³/mol. The molecule has 0 bridgehead atoms. The highest BCUT2D eigenvalue weighted by Gasteiger charge is 2.19. The van der Waals surface area contributed by atoms with Gasteiger partial charge in [0.2, 0.25) is 10.0 Å². The molecule has 0 aliphatic rings. The zero-order valence-electron chi connectivity index (χ0n) is 13.9. The van der Waals surface area contributed by atoms with Crippen molar-refractivity contribution in [3.05, 3.63) is 60.2 Å². The van der Waals surface area contributed by atoms with Crippen LogP contribution in [0.1, 0.15) is 24.8 Å². The summed E-state index contributed by atoms with van der Waals surface area (Å²) < 4.78 is 33.0. The Kier molecular flexibility index (Phi) is 6.55. The maximum atomic E-state index is 12.2. The number of hydrogen-bond donors (Lipinski definition) is 1. The standard InChI is InChI=1S/C18H21NO5S/c1-2-17(14-6-4-3-5-7-14)18(20)24-13-12-23-15-8-10-16(11-9-15)25(19,21)22/h3-11,17H,2,12-13H2,1H3,(H2,19,21,22). The highest BCUT2D eigenvalue weighted by Crippen LogP contribution is 2.20. The van der Waals surface area contributed by atoms with Crippen molar-refractivity contribution in [1.82, 2.24) is 0 Å². The van der Waals surface area contributed by atoms with Crippen LogP contribution in [0.3, 0.4) is 0 Å². The average Bonchev–Trinajstić information content (AvgIpc) is 2.60. The Morgan fingerprint density at radius 3 is 2.24 bits per heavy atom. The van der Waals surface area contributed by atoms with Gasteiger partial charge in [-0.3, -0.25) is 4.79 Å². The molecule has 0 saturated carbocycles. The number of rotatable bonds is 8. The van der Waals surface area contributed by atoms with Gasteiger partial charge in [0.05, 0.1) is 10.8 Å². The van der Waals surface area contributed by atoms with E-state index >= 15 is 0 Å². The molecular formula is C18H21NO5S. The molecule has 0 saturated heterocycles. The molecule has 0 aliphatic heterocycles. The van der Waals surface area contributed by atoms with Gasteiger partial charge in [-0.25, -0.2) is 13.6 Å². The quantitative estimate of drug-likeness (QED) is 0.574. The number of carbonyl (C=O) groups is 1. The second kappa shape index (κ2) is 8.64. The first kappa shape index (κ1) is 19.0. The second-order valence-corrected chi connectivity index (χ2v) is 6.97. The molecule has 2 rings (SSSR count). The van der Waals surface area contributed by atoms with Crippen LogP contribution in [0.15, 0.2) is 59.5 Å². The lowest BCUT2D eigenvalue weighted by Crippen LogP contribution is -2.18. The van der Waals surface area contributed by atoms with Crippen LogP contribution < -0.4 is 9.88 Å². The molecule has 0 amide bonds. The van der Waals surface area contributed by atoms with Crippen molar-refractivity contribution in [2.24, 2.45) is 5.14 Å². The van der Waals surface area contributed by atoms with Crippen LogP contribution >= 0.6 is 0 Å². The summed E-state index contributed by atoms with van der Waals surface area (Å²) >= 11 is 0. The Morgan fingerprint density at radius 1 is 1.04 bits per heavy atom. The van der Waals surface area contributed by atoms with Crippen molar-refractivity contribution in [1.29, 1.82) is 0 Å². The number of esters is 1. The number of primary sulfonamides is 1. The summed E-state index contributed by atoms with van der Waals surface area (Å²) in [6.45, 7) is 2.22. The van der Waals surface area contributed by atoms with Gasteiger partial charge in [-0.05, 0) is 36.2 Å². The van der Waals surface area contributed by atoms with Crippen LogP contribution in [0.25, 0.3) is 0 Å². The Balaban J connectivity index is 1.81. The topological polar surface area (TPSA) is 95.7 Å². The van der Waals surface area contributed by atoms with E-state index in [1.54, 1.807) is 0 Å². The van der Waals surface area contributed by atoms with Gasteiger partial charge in [-0.15, -0.1) is 0 Å². The molecule has 6 nitrogen and oxygen atoms in total. The van der Waals surface area contributed by atoms with E-state index < -0.39 is 10.0 Å². The Labute approximate surface area is 147 Å². The molecule has 0 aliphatic carbocycles. The molecule has 0 fully saturated rings. The lowest BCUT2D eigenvalue weighted by Gasteiger charge is -2.15. The smallest absolute Gasteiger partial charge is 0.313 e. The molecule has 0 radical (unpaired) electrons. The molecule has 134 valence electrons. The van der Waals surface area contributed by atoms with Crippen LogP contribution in [0, 0.1) is 0 Å². The fraction of sp³-hybridized carbons (Fsp3) is 0.278. The number of carbonyl (C=O) groups excluding carboxylic acids is 1. The third-order valence-electron chi connectivity index (χ3n) is 3.64. The highest BCUT2D eigenvalue weighted by molar-refractivity contribution is 7.89. The minimum absolute atomic E-state index is 0.0138. The van der Waals surface area contributed by atoms with Crippen LogP contribution in [-0.2, 0) is 19.6 Å². The minimum Gasteiger partial charge on any atom is -0.490 e. The SMILES string of the molecule is CCC(C(=O)OCCOc1ccc(S(N)(=O)=O)cc1)c1ccccc1. The summed E-state index contributed by atoms with van der Waals surface area (Å²) in [6.07, 6.45) is 0.652. The van der Waals surface area contributed by atoms with E-state index in [4.69, 9.17) is 14.6 Å². The molecule has 1 unspecified atom stereocenters. The van der Waals surface area contributed by atoms with E-state index in [2.05, 4.69) is 0 Å². The summed E-state index contributed by atoms with van der Waals surface area (Å²) in [5.74, 6) is -0.115. The van der Waals surface area contributed by atoms with Crippen LogP contribution in [0.4, 0.5) is 0 Å². The number of benzene rings is 2. The van der Waals surface area contributed by atoms with Gasteiger partial charge < -0.3 is 9.47 Å². The fourth-order valence-corrected chi connectivity index (χ4v) is 2.87. The third kappa shape index (κ3) is 5.58. The van der Waals surface area contributed by atoms with Crippen molar-refractivity contribution >= 4 is 16.0 Å². The first-order chi connectivity index (χ1) is 11.9. The first-order valence-electron chi connectivity index (χ1n) is 7.89. The van der Waals surface area contributed by atoms with Gasteiger partial charge in [0.25, 0.3) is 0 Å². The van der Waals surface area contributed by atoms with Crippen molar-refractivity contribution in [3.8, 4) is 5.75 Å². The predicted octanol–water partition coefficient (Wildman–Crippen LogP) is 2.45. The molecule has 2 aromatic carbocycles. The largest absolute Gasteiger partial charge is 0.490 e. The zero-order chi connectivity index (χ0) is 18.3. The third-order valence-corrected chi connectivity index (χ3v) is 4.57. The summed E-state index contributed by atoms with van der Waals surface area (Å²) in [5, 5.41) is 5.03. The fourth-order valence-electron chi connectivity index (χ4n) is 2.35. The van der Waals surface area contributed by atoms with E-state index in [1.165, 1.54) is 24.3 Å². The maximum Gasteiger partial charge on any atom is 0.313 e. The Hall–Kier alpha value is -2.38. The van der Waals surface area contributed by atoms with Crippen LogP contribution in [-0.4, -0.2) is 27.6 Å². The van der Waals surface area contributed by atoms with E-state index in [0.29, 0.717) is 12.2 Å². The van der Waals surface area contributed by atoms with Gasteiger partial charge in [-0.2, -0.15) is 0 Å². The van der Waals surface area contributed by atoms with Gasteiger partial charge in [0, 0.05) is 0 Å². The highest BCUT2D eigenvalue weighted by atomic mass is 32.2. The molecule has 2 N–H and O–H groups in total. The van der Waals surface area contributed by atoms with Gasteiger partial charge in [-0.1, -0.05) is 37.3 Å². The zero-order valence-corrected chi connectivity index (χ0v) is 14.7. The van der Waals surface area contributed by atoms with Gasteiger partial charge >= 0.3 is 5.97 Å². The normalized spacial score (nSPS) is 12.4. The van der Waals surface area contributed by atoms with Crippen molar-refractivity contribution in [2.45, 2.75) is 24.2 Å². The minimum atomic E-state index is -3.72. The molecule has 2 aromatic rings. The second-order valence-electron chi connectivity index (χ2n) is 5.40. The lowest BCUT2D eigenvalue weighted by molar-refractivity contribution is -0.146. The molecule has 25 heavy (non-hydrogen) atoms.